The Hall–Kier alpha value is -2.74. The topological polar surface area (TPSA) is 82.8 Å². The Kier molecular flexibility index (Phi) is 4.80. The first-order valence-corrected chi connectivity index (χ1v) is 8.46. The zero-order valence-corrected chi connectivity index (χ0v) is 14.9. The van der Waals surface area contributed by atoms with Gasteiger partial charge >= 0.3 is 5.97 Å². The predicted octanol–water partition coefficient (Wildman–Crippen LogP) is 2.20. The van der Waals surface area contributed by atoms with E-state index in [0.717, 1.165) is 16.1 Å². The molecule has 0 aliphatic rings. The van der Waals surface area contributed by atoms with Crippen LogP contribution in [-0.4, -0.2) is 27.2 Å². The van der Waals surface area contributed by atoms with Gasteiger partial charge in [-0.3, -0.25) is 4.79 Å². The van der Waals surface area contributed by atoms with Crippen molar-refractivity contribution >= 4 is 22.3 Å². The largest absolute Gasteiger partial charge is 0.482 e. The van der Waals surface area contributed by atoms with Gasteiger partial charge in [0.25, 0.3) is 5.56 Å². The van der Waals surface area contributed by atoms with Crippen LogP contribution in [-0.2, 0) is 16.1 Å². The van der Waals surface area contributed by atoms with Crippen molar-refractivity contribution in [1.82, 2.24) is 14.6 Å². The van der Waals surface area contributed by atoms with Gasteiger partial charge in [0.1, 0.15) is 17.4 Å². The molecule has 0 saturated heterocycles. The van der Waals surface area contributed by atoms with E-state index in [2.05, 4.69) is 10.1 Å². The summed E-state index contributed by atoms with van der Waals surface area (Å²) >= 11 is 1.30. The standard InChI is InChI=1S/C17H17N3O4S/c1-10-4-5-14(6-11(10)2)23-9-16(22)24-8-13-7-15(21)20-17(18-13)25-12(3)19-20/h4-7H,8-9H2,1-3H3. The summed E-state index contributed by atoms with van der Waals surface area (Å²) in [5, 5.41) is 4.79. The van der Waals surface area contributed by atoms with Gasteiger partial charge in [0, 0.05) is 6.07 Å². The number of carbonyl (C=O) groups is 1. The molecule has 0 radical (unpaired) electrons. The summed E-state index contributed by atoms with van der Waals surface area (Å²) in [5.74, 6) is 0.0821. The number of aryl methyl sites for hydroxylation is 3. The molecule has 0 bridgehead atoms. The normalized spacial score (nSPS) is 10.8. The fourth-order valence-electron chi connectivity index (χ4n) is 2.17. The molecule has 1 aromatic carbocycles. The minimum atomic E-state index is -0.527. The minimum Gasteiger partial charge on any atom is -0.482 e. The van der Waals surface area contributed by atoms with Crippen molar-refractivity contribution in [3.8, 4) is 5.75 Å². The molecule has 2 heterocycles. The molecule has 0 aliphatic heterocycles. The molecule has 0 spiro atoms. The van der Waals surface area contributed by atoms with E-state index in [1.165, 1.54) is 21.9 Å². The molecular weight excluding hydrogens is 342 g/mol. The Morgan fingerprint density at radius 3 is 2.76 bits per heavy atom. The first kappa shape index (κ1) is 17.1. The zero-order chi connectivity index (χ0) is 18.0. The van der Waals surface area contributed by atoms with Crippen LogP contribution < -0.4 is 10.3 Å². The van der Waals surface area contributed by atoms with Crippen LogP contribution in [0.25, 0.3) is 4.96 Å². The lowest BCUT2D eigenvalue weighted by Crippen LogP contribution is -2.18. The van der Waals surface area contributed by atoms with Crippen molar-refractivity contribution in [3.63, 3.8) is 0 Å². The quantitative estimate of drug-likeness (QED) is 0.650. The van der Waals surface area contributed by atoms with Crippen molar-refractivity contribution in [2.24, 2.45) is 0 Å². The van der Waals surface area contributed by atoms with Crippen molar-refractivity contribution in [3.05, 3.63) is 56.4 Å². The van der Waals surface area contributed by atoms with E-state index in [-0.39, 0.29) is 18.8 Å². The summed E-state index contributed by atoms with van der Waals surface area (Å²) in [6.07, 6.45) is 0. The molecule has 3 rings (SSSR count). The highest BCUT2D eigenvalue weighted by atomic mass is 32.1. The number of carbonyl (C=O) groups excluding carboxylic acids is 1. The third-order valence-electron chi connectivity index (χ3n) is 3.62. The van der Waals surface area contributed by atoms with Crippen LogP contribution in [0.5, 0.6) is 5.75 Å². The van der Waals surface area contributed by atoms with E-state index in [1.807, 2.05) is 26.0 Å². The predicted molar refractivity (Wildman–Crippen MR) is 93.1 cm³/mol. The van der Waals surface area contributed by atoms with Gasteiger partial charge in [0.15, 0.2) is 6.61 Å². The van der Waals surface area contributed by atoms with Gasteiger partial charge in [0.2, 0.25) is 4.96 Å². The summed E-state index contributed by atoms with van der Waals surface area (Å²) in [5.41, 5.74) is 2.32. The van der Waals surface area contributed by atoms with Crippen LogP contribution in [0.2, 0.25) is 0 Å². The van der Waals surface area contributed by atoms with Crippen LogP contribution in [0.1, 0.15) is 21.8 Å². The average Bonchev–Trinajstić information content (AvgIpc) is 2.95. The van der Waals surface area contributed by atoms with Gasteiger partial charge in [-0.15, -0.1) is 0 Å². The lowest BCUT2D eigenvalue weighted by Gasteiger charge is -2.08. The lowest BCUT2D eigenvalue weighted by atomic mass is 10.1. The summed E-state index contributed by atoms with van der Waals surface area (Å²) in [7, 11) is 0. The molecule has 0 unspecified atom stereocenters. The highest BCUT2D eigenvalue weighted by Gasteiger charge is 2.10. The van der Waals surface area contributed by atoms with Crippen molar-refractivity contribution in [1.29, 1.82) is 0 Å². The summed E-state index contributed by atoms with van der Waals surface area (Å²) in [4.78, 5) is 28.5. The first-order valence-electron chi connectivity index (χ1n) is 7.64. The number of nitrogens with zero attached hydrogens (tertiary/aromatic N) is 3. The molecule has 8 heteroatoms. The van der Waals surface area contributed by atoms with Gasteiger partial charge in [0.05, 0.1) is 5.69 Å². The number of hydrogen-bond acceptors (Lipinski definition) is 7. The number of hydrogen-bond donors (Lipinski definition) is 0. The van der Waals surface area contributed by atoms with E-state index in [0.29, 0.717) is 16.4 Å². The minimum absolute atomic E-state index is 0.0855. The number of esters is 1. The van der Waals surface area contributed by atoms with E-state index < -0.39 is 5.97 Å². The van der Waals surface area contributed by atoms with Gasteiger partial charge < -0.3 is 9.47 Å². The van der Waals surface area contributed by atoms with Crippen molar-refractivity contribution in [2.45, 2.75) is 27.4 Å². The van der Waals surface area contributed by atoms with E-state index in [1.54, 1.807) is 13.0 Å². The second-order valence-electron chi connectivity index (χ2n) is 5.60. The number of fused-ring (bicyclic) bond motifs is 1. The zero-order valence-electron chi connectivity index (χ0n) is 14.1. The third kappa shape index (κ3) is 4.03. The fraction of sp³-hybridized carbons (Fsp3) is 0.294. The maximum Gasteiger partial charge on any atom is 0.344 e. The Labute approximate surface area is 147 Å². The molecule has 7 nitrogen and oxygen atoms in total. The van der Waals surface area contributed by atoms with Crippen molar-refractivity contribution < 1.29 is 14.3 Å². The maximum absolute atomic E-state index is 11.9. The van der Waals surface area contributed by atoms with Crippen LogP contribution in [0.3, 0.4) is 0 Å². The van der Waals surface area contributed by atoms with Crippen LogP contribution in [0.15, 0.2) is 29.1 Å². The first-order chi connectivity index (χ1) is 11.9. The van der Waals surface area contributed by atoms with Crippen LogP contribution in [0, 0.1) is 20.8 Å². The molecular formula is C17H17N3O4S. The second kappa shape index (κ2) is 7.02. The molecule has 25 heavy (non-hydrogen) atoms. The number of aromatic nitrogens is 3. The molecule has 0 saturated carbocycles. The monoisotopic (exact) mass is 359 g/mol. The highest BCUT2D eigenvalue weighted by molar-refractivity contribution is 7.16. The molecule has 3 aromatic rings. The molecule has 0 N–H and O–H groups in total. The van der Waals surface area contributed by atoms with Gasteiger partial charge in [-0.2, -0.15) is 9.61 Å². The number of rotatable bonds is 5. The summed E-state index contributed by atoms with van der Waals surface area (Å²) in [6.45, 7) is 5.48. The summed E-state index contributed by atoms with van der Waals surface area (Å²) in [6, 6.07) is 6.91. The van der Waals surface area contributed by atoms with Gasteiger partial charge in [-0.25, -0.2) is 9.78 Å². The molecule has 130 valence electrons. The molecule has 0 amide bonds. The smallest absolute Gasteiger partial charge is 0.344 e. The highest BCUT2D eigenvalue weighted by Crippen LogP contribution is 2.16. The Morgan fingerprint density at radius 2 is 2.00 bits per heavy atom. The van der Waals surface area contributed by atoms with Gasteiger partial charge in [-0.1, -0.05) is 17.4 Å². The Morgan fingerprint density at radius 1 is 1.20 bits per heavy atom. The SMILES string of the molecule is Cc1nn2c(=O)cc(COC(=O)COc3ccc(C)c(C)c3)nc2s1. The Balaban J connectivity index is 1.58. The van der Waals surface area contributed by atoms with E-state index in [9.17, 15) is 9.59 Å². The third-order valence-corrected chi connectivity index (χ3v) is 4.44. The maximum atomic E-state index is 11.9. The molecule has 2 aromatic heterocycles. The molecule has 0 atom stereocenters. The number of benzene rings is 1. The second-order valence-corrected chi connectivity index (χ2v) is 6.76. The van der Waals surface area contributed by atoms with Crippen molar-refractivity contribution in [2.75, 3.05) is 6.61 Å². The molecule has 0 aliphatic carbocycles. The van der Waals surface area contributed by atoms with Gasteiger partial charge in [-0.05, 0) is 44.0 Å². The van der Waals surface area contributed by atoms with Crippen LogP contribution >= 0.6 is 11.3 Å². The van der Waals surface area contributed by atoms with E-state index >= 15 is 0 Å². The Bertz CT molecular complexity index is 993. The van der Waals surface area contributed by atoms with Crippen LogP contribution in [0.4, 0.5) is 0 Å². The fourth-order valence-corrected chi connectivity index (χ4v) is 2.93. The lowest BCUT2D eigenvalue weighted by molar-refractivity contribution is -0.147. The molecule has 0 fully saturated rings. The summed E-state index contributed by atoms with van der Waals surface area (Å²) < 4.78 is 11.8. The number of ether oxygens (including phenoxy) is 2. The average molecular weight is 359 g/mol. The van der Waals surface area contributed by atoms with E-state index in [4.69, 9.17) is 9.47 Å².